The second kappa shape index (κ2) is 7.24. The van der Waals surface area contributed by atoms with Crippen molar-refractivity contribution in [2.75, 3.05) is 0 Å². The molecule has 124 valence electrons. The highest BCUT2D eigenvalue weighted by Gasteiger charge is 2.14. The van der Waals surface area contributed by atoms with E-state index in [1.807, 2.05) is 12.4 Å². The van der Waals surface area contributed by atoms with E-state index in [-0.39, 0.29) is 0 Å². The summed E-state index contributed by atoms with van der Waals surface area (Å²) in [5.41, 5.74) is 4.84. The topological polar surface area (TPSA) is 17.8 Å². The van der Waals surface area contributed by atoms with Gasteiger partial charge in [0.2, 0.25) is 0 Å². The van der Waals surface area contributed by atoms with Crippen LogP contribution in [-0.4, -0.2) is 9.55 Å². The Hall–Kier alpha value is -1.39. The number of aryl methyl sites for hydroxylation is 1. The van der Waals surface area contributed by atoms with Crippen molar-refractivity contribution < 1.29 is 0 Å². The summed E-state index contributed by atoms with van der Waals surface area (Å²) in [6, 6.07) is 12.8. The maximum atomic E-state index is 4.64. The van der Waals surface area contributed by atoms with E-state index in [2.05, 4.69) is 98.6 Å². The molecule has 1 heterocycles. The molecule has 3 aromatic rings. The largest absolute Gasteiger partial charge is 0.300 e. The molecule has 3 rings (SSSR count). The molecular formula is C20H20Br2N2. The van der Waals surface area contributed by atoms with E-state index in [0.29, 0.717) is 5.92 Å². The zero-order chi connectivity index (χ0) is 17.3. The monoisotopic (exact) mass is 446 g/mol. The van der Waals surface area contributed by atoms with Crippen molar-refractivity contribution in [1.29, 1.82) is 0 Å². The molecule has 0 unspecified atom stereocenters. The number of hydrogen-bond acceptors (Lipinski definition) is 1. The zero-order valence-corrected chi connectivity index (χ0v) is 17.2. The second-order valence-electron chi connectivity index (χ2n) is 6.45. The Morgan fingerprint density at radius 1 is 1.08 bits per heavy atom. The van der Waals surface area contributed by atoms with Gasteiger partial charge in [-0.05, 0) is 60.7 Å². The third-order valence-corrected chi connectivity index (χ3v) is 5.36. The number of halogens is 2. The van der Waals surface area contributed by atoms with E-state index in [1.54, 1.807) is 0 Å². The maximum Gasteiger partial charge on any atom is 0.144 e. The average molecular weight is 448 g/mol. The molecule has 2 nitrogen and oxygen atoms in total. The summed E-state index contributed by atoms with van der Waals surface area (Å²) >= 11 is 7.23. The number of hydrogen-bond donors (Lipinski definition) is 0. The van der Waals surface area contributed by atoms with Crippen LogP contribution in [-0.2, 0) is 6.42 Å². The first-order chi connectivity index (χ1) is 11.5. The van der Waals surface area contributed by atoms with Crippen LogP contribution in [0.2, 0.25) is 0 Å². The molecule has 0 amide bonds. The highest BCUT2D eigenvalue weighted by atomic mass is 79.9. The van der Waals surface area contributed by atoms with E-state index in [0.717, 1.165) is 26.9 Å². The van der Waals surface area contributed by atoms with Crippen molar-refractivity contribution in [3.8, 4) is 17.1 Å². The van der Waals surface area contributed by atoms with Crippen molar-refractivity contribution in [1.82, 2.24) is 9.55 Å². The van der Waals surface area contributed by atoms with Crippen LogP contribution in [0.5, 0.6) is 0 Å². The summed E-state index contributed by atoms with van der Waals surface area (Å²) in [6.45, 7) is 6.58. The van der Waals surface area contributed by atoms with E-state index in [1.165, 1.54) is 16.7 Å². The Morgan fingerprint density at radius 3 is 2.58 bits per heavy atom. The zero-order valence-electron chi connectivity index (χ0n) is 14.1. The molecule has 0 atom stereocenters. The molecule has 0 aliphatic carbocycles. The van der Waals surface area contributed by atoms with Gasteiger partial charge < -0.3 is 0 Å². The predicted molar refractivity (Wildman–Crippen MR) is 108 cm³/mol. The summed E-state index contributed by atoms with van der Waals surface area (Å²) in [6.07, 6.45) is 4.91. The molecule has 4 heteroatoms. The Labute approximate surface area is 160 Å². The molecule has 1 aromatic heterocycles. The fourth-order valence-corrected chi connectivity index (χ4v) is 3.61. The number of imidazole rings is 1. The Balaban J connectivity index is 2.12. The molecular weight excluding hydrogens is 428 g/mol. The van der Waals surface area contributed by atoms with Gasteiger partial charge in [-0.2, -0.15) is 0 Å². The molecule has 0 aliphatic heterocycles. The minimum atomic E-state index is 0.593. The van der Waals surface area contributed by atoms with Gasteiger partial charge in [0.15, 0.2) is 0 Å². The van der Waals surface area contributed by atoms with Gasteiger partial charge in [-0.1, -0.05) is 51.8 Å². The predicted octanol–water partition coefficient (Wildman–Crippen LogP) is 6.57. The molecule has 0 radical (unpaired) electrons. The molecule has 0 spiro atoms. The van der Waals surface area contributed by atoms with Gasteiger partial charge in [0.05, 0.1) is 0 Å². The van der Waals surface area contributed by atoms with Crippen LogP contribution in [0.25, 0.3) is 17.1 Å². The fraction of sp³-hybridized carbons (Fsp3) is 0.250. The van der Waals surface area contributed by atoms with E-state index in [9.17, 15) is 0 Å². The quantitative estimate of drug-likeness (QED) is 0.442. The first-order valence-electron chi connectivity index (χ1n) is 8.04. The first-order valence-corrected chi connectivity index (χ1v) is 9.63. The van der Waals surface area contributed by atoms with Crippen LogP contribution in [0, 0.1) is 12.8 Å². The summed E-state index contributed by atoms with van der Waals surface area (Å²) in [5.74, 6) is 1.57. The standard InChI is InChI=1S/C20H20Br2N2/c1-13(2)10-15-11-16(21)5-7-18(15)20-23-8-9-24(20)17-6-4-14(3)19(22)12-17/h4-9,11-13H,10H2,1-3H3. The SMILES string of the molecule is Cc1ccc(-n2ccnc2-c2ccc(Br)cc2CC(C)C)cc1Br. The summed E-state index contributed by atoms with van der Waals surface area (Å²) < 4.78 is 4.37. The Morgan fingerprint density at radius 2 is 1.88 bits per heavy atom. The average Bonchev–Trinajstić information content (AvgIpc) is 2.99. The fourth-order valence-electron chi connectivity index (χ4n) is 2.83. The van der Waals surface area contributed by atoms with Crippen LogP contribution in [0.3, 0.4) is 0 Å². The molecule has 0 fully saturated rings. The van der Waals surface area contributed by atoms with Crippen LogP contribution in [0.4, 0.5) is 0 Å². The lowest BCUT2D eigenvalue weighted by Crippen LogP contribution is -2.02. The number of aromatic nitrogens is 2. The third kappa shape index (κ3) is 3.65. The van der Waals surface area contributed by atoms with Gasteiger partial charge in [0.25, 0.3) is 0 Å². The molecule has 2 aromatic carbocycles. The van der Waals surface area contributed by atoms with Crippen molar-refractivity contribution >= 4 is 31.9 Å². The second-order valence-corrected chi connectivity index (χ2v) is 8.22. The molecule has 0 N–H and O–H groups in total. The summed E-state index contributed by atoms with van der Waals surface area (Å²) in [7, 11) is 0. The lowest BCUT2D eigenvalue weighted by Gasteiger charge is -2.14. The normalized spacial score (nSPS) is 11.2. The number of benzene rings is 2. The van der Waals surface area contributed by atoms with Crippen LogP contribution in [0.1, 0.15) is 25.0 Å². The highest BCUT2D eigenvalue weighted by molar-refractivity contribution is 9.10. The van der Waals surface area contributed by atoms with Gasteiger partial charge in [-0.15, -0.1) is 0 Å². The summed E-state index contributed by atoms with van der Waals surface area (Å²) in [5, 5.41) is 0. The van der Waals surface area contributed by atoms with E-state index < -0.39 is 0 Å². The van der Waals surface area contributed by atoms with Crippen molar-refractivity contribution in [2.24, 2.45) is 5.92 Å². The molecule has 0 saturated heterocycles. The van der Waals surface area contributed by atoms with Gasteiger partial charge >= 0.3 is 0 Å². The maximum absolute atomic E-state index is 4.64. The third-order valence-electron chi connectivity index (χ3n) is 4.01. The van der Waals surface area contributed by atoms with Crippen LogP contribution < -0.4 is 0 Å². The van der Waals surface area contributed by atoms with Crippen molar-refractivity contribution in [2.45, 2.75) is 27.2 Å². The molecule has 0 aliphatic rings. The smallest absolute Gasteiger partial charge is 0.144 e. The number of nitrogens with zero attached hydrogens (tertiary/aromatic N) is 2. The van der Waals surface area contributed by atoms with E-state index >= 15 is 0 Å². The molecule has 0 saturated carbocycles. The minimum absolute atomic E-state index is 0.593. The van der Waals surface area contributed by atoms with Gasteiger partial charge in [0.1, 0.15) is 5.82 Å². The lowest BCUT2D eigenvalue weighted by atomic mass is 9.97. The Bertz CT molecular complexity index is 866. The van der Waals surface area contributed by atoms with Crippen molar-refractivity contribution in [3.05, 3.63) is 68.9 Å². The molecule has 24 heavy (non-hydrogen) atoms. The van der Waals surface area contributed by atoms with E-state index in [4.69, 9.17) is 0 Å². The minimum Gasteiger partial charge on any atom is -0.300 e. The number of rotatable bonds is 4. The summed E-state index contributed by atoms with van der Waals surface area (Å²) in [4.78, 5) is 4.64. The van der Waals surface area contributed by atoms with Crippen LogP contribution in [0.15, 0.2) is 57.7 Å². The first kappa shape index (κ1) is 17.4. The van der Waals surface area contributed by atoms with Gasteiger partial charge in [-0.25, -0.2) is 4.98 Å². The van der Waals surface area contributed by atoms with Gasteiger partial charge in [0, 0.05) is 32.6 Å². The van der Waals surface area contributed by atoms with Gasteiger partial charge in [-0.3, -0.25) is 4.57 Å². The van der Waals surface area contributed by atoms with Crippen LogP contribution >= 0.6 is 31.9 Å². The highest BCUT2D eigenvalue weighted by Crippen LogP contribution is 2.30. The van der Waals surface area contributed by atoms with Crippen molar-refractivity contribution in [3.63, 3.8) is 0 Å². The molecule has 0 bridgehead atoms. The Kier molecular flexibility index (Phi) is 5.26. The lowest BCUT2D eigenvalue weighted by molar-refractivity contribution is 0.647.